The molecule has 0 unspecified atom stereocenters. The molecule has 2 heterocycles. The minimum absolute atomic E-state index is 0.00418. The van der Waals surface area contributed by atoms with Crippen LogP contribution in [0.1, 0.15) is 55.4 Å². The average Bonchev–Trinajstić information content (AvgIpc) is 3.14. The number of aromatic nitrogens is 2. The van der Waals surface area contributed by atoms with Crippen molar-refractivity contribution >= 4 is 28.3 Å². The maximum atomic E-state index is 12.5. The molecule has 2 amide bonds. The first-order valence-corrected chi connectivity index (χ1v) is 10.5. The molecule has 3 rings (SSSR count). The van der Waals surface area contributed by atoms with Gasteiger partial charge in [0.1, 0.15) is 10.8 Å². The van der Waals surface area contributed by atoms with Crippen LogP contribution in [0.5, 0.6) is 5.75 Å². The summed E-state index contributed by atoms with van der Waals surface area (Å²) >= 11 is 1.36. The fraction of sp³-hybridized carbons (Fsp3) is 0.500. The number of ether oxygens (including phenoxy) is 1. The van der Waals surface area contributed by atoms with Crippen molar-refractivity contribution in [2.24, 2.45) is 0 Å². The molecular weight excluding hydrogens is 376 g/mol. The molecule has 0 spiro atoms. The number of nitrogens with zero attached hydrogens (tertiary/aromatic N) is 3. The zero-order chi connectivity index (χ0) is 20.1. The highest BCUT2D eigenvalue weighted by molar-refractivity contribution is 7.15. The number of hydrogen-bond acceptors (Lipinski definition) is 6. The van der Waals surface area contributed by atoms with Gasteiger partial charge in [0.15, 0.2) is 6.61 Å². The molecule has 150 valence electrons. The largest absolute Gasteiger partial charge is 0.484 e. The van der Waals surface area contributed by atoms with Crippen molar-refractivity contribution in [2.75, 3.05) is 11.9 Å². The quantitative estimate of drug-likeness (QED) is 0.799. The molecule has 1 aromatic heterocycles. The lowest BCUT2D eigenvalue weighted by atomic mass is 9.97. The summed E-state index contributed by atoms with van der Waals surface area (Å²) in [7, 11) is 0. The van der Waals surface area contributed by atoms with E-state index < -0.39 is 0 Å². The standard InChI is InChI=1S/C20H26N4O3S/c1-4-17-22-23-20(28-17)21-19(26)15-8-10-16(11-9-15)27-12-18(25)24-13(2)6-5-7-14(24)3/h8-11,13-14H,4-7,12H2,1-3H3,(H,21,23,26)/t13-,14-/m1/s1. The number of hydrogen-bond donors (Lipinski definition) is 1. The first kappa shape index (κ1) is 20.3. The molecule has 8 heteroatoms. The Hall–Kier alpha value is -2.48. The Morgan fingerprint density at radius 1 is 1.18 bits per heavy atom. The maximum Gasteiger partial charge on any atom is 0.260 e. The minimum atomic E-state index is -0.252. The van der Waals surface area contributed by atoms with Crippen LogP contribution in [0.2, 0.25) is 0 Å². The number of amides is 2. The van der Waals surface area contributed by atoms with E-state index in [1.54, 1.807) is 24.3 Å². The number of aryl methyl sites for hydroxylation is 1. The molecule has 0 radical (unpaired) electrons. The lowest BCUT2D eigenvalue weighted by Gasteiger charge is -2.38. The predicted octanol–water partition coefficient (Wildman–Crippen LogP) is 3.52. The summed E-state index contributed by atoms with van der Waals surface area (Å²) in [6.45, 7) is 6.16. The second kappa shape index (κ2) is 9.14. The van der Waals surface area contributed by atoms with Crippen molar-refractivity contribution in [3.05, 3.63) is 34.8 Å². The van der Waals surface area contributed by atoms with Crippen molar-refractivity contribution in [1.82, 2.24) is 15.1 Å². The highest BCUT2D eigenvalue weighted by Gasteiger charge is 2.28. The van der Waals surface area contributed by atoms with Gasteiger partial charge in [0, 0.05) is 17.6 Å². The highest BCUT2D eigenvalue weighted by Crippen LogP contribution is 2.23. The summed E-state index contributed by atoms with van der Waals surface area (Å²) in [4.78, 5) is 26.7. The van der Waals surface area contributed by atoms with Crippen molar-refractivity contribution < 1.29 is 14.3 Å². The Bertz CT molecular complexity index is 811. The van der Waals surface area contributed by atoms with E-state index in [0.29, 0.717) is 16.4 Å². The average molecular weight is 403 g/mol. The third kappa shape index (κ3) is 4.86. The zero-order valence-electron chi connectivity index (χ0n) is 16.5. The second-order valence-corrected chi connectivity index (χ2v) is 8.11. The van der Waals surface area contributed by atoms with Gasteiger partial charge in [-0.25, -0.2) is 0 Å². The molecule has 0 bridgehead atoms. The van der Waals surface area contributed by atoms with Crippen LogP contribution in [-0.2, 0) is 11.2 Å². The van der Waals surface area contributed by atoms with E-state index in [4.69, 9.17) is 4.74 Å². The molecule has 1 fully saturated rings. The van der Waals surface area contributed by atoms with Crippen molar-refractivity contribution in [3.63, 3.8) is 0 Å². The van der Waals surface area contributed by atoms with E-state index >= 15 is 0 Å². The van der Waals surface area contributed by atoms with Gasteiger partial charge in [-0.1, -0.05) is 18.3 Å². The van der Waals surface area contributed by atoms with Crippen molar-refractivity contribution in [2.45, 2.75) is 58.5 Å². The predicted molar refractivity (Wildman–Crippen MR) is 109 cm³/mol. The van der Waals surface area contributed by atoms with Crippen molar-refractivity contribution in [1.29, 1.82) is 0 Å². The van der Waals surface area contributed by atoms with Crippen LogP contribution < -0.4 is 10.1 Å². The Morgan fingerprint density at radius 3 is 2.46 bits per heavy atom. The molecule has 0 aliphatic carbocycles. The van der Waals surface area contributed by atoms with Gasteiger partial charge in [-0.3, -0.25) is 14.9 Å². The third-order valence-electron chi connectivity index (χ3n) is 4.95. The van der Waals surface area contributed by atoms with Gasteiger partial charge in [0.2, 0.25) is 5.13 Å². The maximum absolute atomic E-state index is 12.5. The van der Waals surface area contributed by atoms with E-state index in [2.05, 4.69) is 29.4 Å². The number of rotatable bonds is 6. The molecule has 1 aliphatic rings. The SMILES string of the molecule is CCc1nnc(NC(=O)c2ccc(OCC(=O)N3[C@H](C)CCC[C@H]3C)cc2)s1. The molecule has 2 aromatic rings. The monoisotopic (exact) mass is 402 g/mol. The second-order valence-electron chi connectivity index (χ2n) is 7.05. The summed E-state index contributed by atoms with van der Waals surface area (Å²) in [5.41, 5.74) is 0.491. The molecule has 2 atom stereocenters. The molecule has 1 N–H and O–H groups in total. The molecule has 1 aliphatic heterocycles. The van der Waals surface area contributed by atoms with Crippen LogP contribution >= 0.6 is 11.3 Å². The number of nitrogens with one attached hydrogen (secondary N) is 1. The number of benzene rings is 1. The number of likely N-dealkylation sites (tertiary alicyclic amines) is 1. The lowest BCUT2D eigenvalue weighted by molar-refractivity contribution is -0.139. The summed E-state index contributed by atoms with van der Waals surface area (Å²) in [5.74, 6) is 0.313. The summed E-state index contributed by atoms with van der Waals surface area (Å²) < 4.78 is 5.65. The Kier molecular flexibility index (Phi) is 6.61. The Balaban J connectivity index is 1.53. The van der Waals surface area contributed by atoms with Gasteiger partial charge in [-0.2, -0.15) is 0 Å². The number of piperidine rings is 1. The third-order valence-corrected chi connectivity index (χ3v) is 5.93. The Labute approximate surface area is 169 Å². The molecule has 1 saturated heterocycles. The van der Waals surface area contributed by atoms with E-state index in [1.807, 2.05) is 11.8 Å². The highest BCUT2D eigenvalue weighted by atomic mass is 32.1. The Morgan fingerprint density at radius 2 is 1.86 bits per heavy atom. The number of anilines is 1. The van der Waals surface area contributed by atoms with E-state index in [0.717, 1.165) is 30.7 Å². The van der Waals surface area contributed by atoms with E-state index in [9.17, 15) is 9.59 Å². The first-order valence-electron chi connectivity index (χ1n) is 9.65. The lowest BCUT2D eigenvalue weighted by Crippen LogP contribution is -2.49. The minimum Gasteiger partial charge on any atom is -0.484 e. The molecule has 7 nitrogen and oxygen atoms in total. The van der Waals surface area contributed by atoms with E-state index in [-0.39, 0.29) is 30.5 Å². The van der Waals surface area contributed by atoms with Gasteiger partial charge in [-0.15, -0.1) is 10.2 Å². The normalized spacial score (nSPS) is 19.3. The summed E-state index contributed by atoms with van der Waals surface area (Å²) in [6, 6.07) is 7.23. The van der Waals surface area contributed by atoms with Crippen LogP contribution in [0.4, 0.5) is 5.13 Å². The topological polar surface area (TPSA) is 84.4 Å². The summed E-state index contributed by atoms with van der Waals surface area (Å²) in [6.07, 6.45) is 4.02. The van der Waals surface area contributed by atoms with Gasteiger partial charge in [0.05, 0.1) is 0 Å². The van der Waals surface area contributed by atoms with Crippen LogP contribution in [-0.4, -0.2) is 45.6 Å². The van der Waals surface area contributed by atoms with Crippen LogP contribution in [0.15, 0.2) is 24.3 Å². The fourth-order valence-electron chi connectivity index (χ4n) is 3.45. The zero-order valence-corrected chi connectivity index (χ0v) is 17.3. The first-order chi connectivity index (χ1) is 13.5. The number of carbonyl (C=O) groups is 2. The summed E-state index contributed by atoms with van der Waals surface area (Å²) in [5, 5.41) is 12.0. The fourth-order valence-corrected chi connectivity index (χ4v) is 4.13. The van der Waals surface area contributed by atoms with Crippen LogP contribution in [0.3, 0.4) is 0 Å². The van der Waals surface area contributed by atoms with E-state index in [1.165, 1.54) is 11.3 Å². The van der Waals surface area contributed by atoms with Gasteiger partial charge in [0.25, 0.3) is 11.8 Å². The van der Waals surface area contributed by atoms with Crippen LogP contribution in [0, 0.1) is 0 Å². The molecule has 28 heavy (non-hydrogen) atoms. The molecular formula is C20H26N4O3S. The molecule has 0 saturated carbocycles. The smallest absolute Gasteiger partial charge is 0.260 e. The van der Waals surface area contributed by atoms with Crippen LogP contribution in [0.25, 0.3) is 0 Å². The van der Waals surface area contributed by atoms with Gasteiger partial charge >= 0.3 is 0 Å². The number of carbonyl (C=O) groups excluding carboxylic acids is 2. The van der Waals surface area contributed by atoms with Gasteiger partial charge in [-0.05, 0) is 63.8 Å². The van der Waals surface area contributed by atoms with Crippen molar-refractivity contribution in [3.8, 4) is 5.75 Å². The van der Waals surface area contributed by atoms with Gasteiger partial charge < -0.3 is 9.64 Å². The molecule has 1 aromatic carbocycles.